The third kappa shape index (κ3) is 5.99. The zero-order chi connectivity index (χ0) is 26.4. The Morgan fingerprint density at radius 2 is 1.92 bits per heavy atom. The lowest BCUT2D eigenvalue weighted by atomic mass is 9.90. The van der Waals surface area contributed by atoms with Gasteiger partial charge in [-0.25, -0.2) is 0 Å². The Labute approximate surface area is 217 Å². The predicted molar refractivity (Wildman–Crippen MR) is 144 cm³/mol. The molecule has 0 bridgehead atoms. The van der Waals surface area contributed by atoms with Gasteiger partial charge in [-0.2, -0.15) is 10.5 Å². The Kier molecular flexibility index (Phi) is 7.91. The smallest absolute Gasteiger partial charge is 0.274 e. The van der Waals surface area contributed by atoms with Gasteiger partial charge in [-0.1, -0.05) is 6.07 Å². The first kappa shape index (κ1) is 25.9. The van der Waals surface area contributed by atoms with Crippen LogP contribution < -0.4 is 15.8 Å². The topological polar surface area (TPSA) is 107 Å². The molecule has 1 aliphatic heterocycles. The second-order valence-electron chi connectivity index (χ2n) is 9.79. The lowest BCUT2D eigenvalue weighted by Crippen LogP contribution is -2.40. The van der Waals surface area contributed by atoms with Gasteiger partial charge in [-0.05, 0) is 67.8 Å². The molecule has 37 heavy (non-hydrogen) atoms. The maximum absolute atomic E-state index is 13.2. The molecule has 8 heteroatoms. The summed E-state index contributed by atoms with van der Waals surface area (Å²) in [5.41, 5.74) is 5.67. The number of anilines is 2. The summed E-state index contributed by atoms with van der Waals surface area (Å²) < 4.78 is 7.13. The zero-order valence-corrected chi connectivity index (χ0v) is 21.6. The van der Waals surface area contributed by atoms with Gasteiger partial charge >= 0.3 is 0 Å². The highest BCUT2D eigenvalue weighted by Gasteiger charge is 2.21. The Morgan fingerprint density at radius 1 is 1.14 bits per heavy atom. The van der Waals surface area contributed by atoms with Gasteiger partial charge in [0.05, 0.1) is 42.9 Å². The molecule has 0 atom stereocenters. The van der Waals surface area contributed by atoms with Crippen LogP contribution in [0, 0.1) is 29.6 Å². The molecule has 1 aromatic carbocycles. The van der Waals surface area contributed by atoms with Gasteiger partial charge in [0.2, 0.25) is 0 Å². The second-order valence-corrected chi connectivity index (χ2v) is 9.79. The lowest BCUT2D eigenvalue weighted by molar-refractivity contribution is 0.122. The van der Waals surface area contributed by atoms with E-state index in [2.05, 4.69) is 46.4 Å². The molecule has 0 spiro atoms. The molecule has 0 radical (unpaired) electrons. The van der Waals surface area contributed by atoms with Crippen LogP contribution in [0.25, 0.3) is 11.1 Å². The monoisotopic (exact) mass is 496 g/mol. The van der Waals surface area contributed by atoms with Gasteiger partial charge in [0.1, 0.15) is 5.69 Å². The third-order valence-electron chi connectivity index (χ3n) is 6.67. The zero-order valence-electron chi connectivity index (χ0n) is 21.6. The number of nitrogens with zero attached hydrogens (tertiary/aromatic N) is 5. The van der Waals surface area contributed by atoms with E-state index in [-0.39, 0.29) is 12.0 Å². The molecule has 3 heterocycles. The summed E-state index contributed by atoms with van der Waals surface area (Å²) in [6, 6.07) is 16.5. The highest BCUT2D eigenvalue weighted by molar-refractivity contribution is 5.73. The van der Waals surface area contributed by atoms with Crippen LogP contribution in [-0.2, 0) is 23.2 Å². The van der Waals surface area contributed by atoms with Crippen LogP contribution in [-0.4, -0.2) is 35.9 Å². The van der Waals surface area contributed by atoms with E-state index in [1.807, 2.05) is 44.3 Å². The first-order valence-electron chi connectivity index (χ1n) is 12.5. The van der Waals surface area contributed by atoms with E-state index in [1.165, 1.54) is 0 Å². The molecule has 3 aromatic rings. The molecular weight excluding hydrogens is 464 g/mol. The van der Waals surface area contributed by atoms with Gasteiger partial charge in [0, 0.05) is 49.8 Å². The highest BCUT2D eigenvalue weighted by atomic mass is 16.5. The normalized spacial score (nSPS) is 13.6. The number of aromatic nitrogens is 2. The number of nitrogens with one attached hydrogen (secondary N) is 1. The van der Waals surface area contributed by atoms with E-state index in [4.69, 9.17) is 10.00 Å². The van der Waals surface area contributed by atoms with Gasteiger partial charge in [0.25, 0.3) is 5.56 Å². The van der Waals surface area contributed by atoms with Crippen molar-refractivity contribution in [3.63, 3.8) is 0 Å². The minimum absolute atomic E-state index is 0.0818. The molecule has 1 aliphatic rings. The van der Waals surface area contributed by atoms with E-state index >= 15 is 0 Å². The van der Waals surface area contributed by atoms with Crippen molar-refractivity contribution in [2.45, 2.75) is 45.7 Å². The van der Waals surface area contributed by atoms with Crippen LogP contribution >= 0.6 is 0 Å². The van der Waals surface area contributed by atoms with Crippen LogP contribution in [0.5, 0.6) is 0 Å². The minimum atomic E-state index is -0.653. The largest absolute Gasteiger partial charge is 0.381 e. The van der Waals surface area contributed by atoms with Crippen molar-refractivity contribution < 1.29 is 4.74 Å². The van der Waals surface area contributed by atoms with Gasteiger partial charge in [0.15, 0.2) is 0 Å². The fourth-order valence-electron chi connectivity index (χ4n) is 4.37. The molecule has 0 aliphatic carbocycles. The third-order valence-corrected chi connectivity index (χ3v) is 6.67. The number of benzene rings is 1. The van der Waals surface area contributed by atoms with Crippen molar-refractivity contribution in [3.05, 3.63) is 76.0 Å². The number of nitriles is 2. The number of hydrogen-bond donors (Lipinski definition) is 1. The molecule has 0 amide bonds. The maximum Gasteiger partial charge on any atom is 0.274 e. The second kappa shape index (κ2) is 11.3. The fraction of sp³-hybridized carbons (Fsp3) is 0.379. The van der Waals surface area contributed by atoms with Crippen LogP contribution in [0.3, 0.4) is 0 Å². The molecule has 0 saturated carbocycles. The average Bonchev–Trinajstić information content (AvgIpc) is 2.92. The Bertz CT molecular complexity index is 1410. The lowest BCUT2D eigenvalue weighted by Gasteiger charge is -2.29. The molecule has 8 nitrogen and oxygen atoms in total. The number of hydrogen-bond acceptors (Lipinski definition) is 7. The summed E-state index contributed by atoms with van der Waals surface area (Å²) in [6.07, 6.45) is 3.86. The molecule has 1 saturated heterocycles. The van der Waals surface area contributed by atoms with E-state index in [0.29, 0.717) is 45.1 Å². The Balaban J connectivity index is 1.65. The van der Waals surface area contributed by atoms with Crippen LogP contribution in [0.2, 0.25) is 0 Å². The first-order valence-corrected chi connectivity index (χ1v) is 12.5. The standard InChI is InChI=1S/C29H32N6O2/c1-21-5-6-24(33-18-22-7-9-32-27(15-22)29(2,3)20-31)17-25(21)23-16-26(34-11-13-37-14-12-34)28(36)35(19-23)10-4-8-30/h5-7,9,15-17,19,33H,4,10-14,18H2,1-3H3. The fourth-order valence-corrected chi connectivity index (χ4v) is 4.37. The summed E-state index contributed by atoms with van der Waals surface area (Å²) >= 11 is 0. The maximum atomic E-state index is 13.2. The number of ether oxygens (including phenoxy) is 1. The van der Waals surface area contributed by atoms with E-state index in [9.17, 15) is 10.1 Å². The molecule has 4 rings (SSSR count). The summed E-state index contributed by atoms with van der Waals surface area (Å²) in [4.78, 5) is 19.7. The van der Waals surface area contributed by atoms with Gasteiger partial charge in [-0.15, -0.1) is 0 Å². The molecule has 1 N–H and O–H groups in total. The molecule has 1 fully saturated rings. The summed E-state index contributed by atoms with van der Waals surface area (Å²) in [7, 11) is 0. The van der Waals surface area contributed by atoms with E-state index in [0.717, 1.165) is 33.6 Å². The number of morpholine rings is 1. The van der Waals surface area contributed by atoms with Crippen LogP contribution in [0.4, 0.5) is 11.4 Å². The van der Waals surface area contributed by atoms with Crippen molar-refractivity contribution in [1.29, 1.82) is 10.5 Å². The molecular formula is C29H32N6O2. The van der Waals surface area contributed by atoms with Gasteiger partial charge < -0.3 is 19.5 Å². The van der Waals surface area contributed by atoms with Gasteiger partial charge in [-0.3, -0.25) is 9.78 Å². The number of aryl methyl sites for hydroxylation is 2. The molecule has 190 valence electrons. The first-order chi connectivity index (χ1) is 17.8. The summed E-state index contributed by atoms with van der Waals surface area (Å²) in [5, 5.41) is 22.0. The SMILES string of the molecule is Cc1ccc(NCc2ccnc(C(C)(C)C#N)c2)cc1-c1cc(N2CCOCC2)c(=O)n(CCC#N)c1. The minimum Gasteiger partial charge on any atom is -0.381 e. The van der Waals surface area contributed by atoms with Crippen molar-refractivity contribution in [3.8, 4) is 23.3 Å². The van der Waals surface area contributed by atoms with Crippen molar-refractivity contribution >= 4 is 11.4 Å². The van der Waals surface area contributed by atoms with Crippen LogP contribution in [0.1, 0.15) is 37.1 Å². The summed E-state index contributed by atoms with van der Waals surface area (Å²) in [5.74, 6) is 0. The van der Waals surface area contributed by atoms with E-state index in [1.54, 1.807) is 10.8 Å². The van der Waals surface area contributed by atoms with Crippen molar-refractivity contribution in [2.24, 2.45) is 0 Å². The summed E-state index contributed by atoms with van der Waals surface area (Å²) in [6.45, 7) is 9.20. The van der Waals surface area contributed by atoms with Crippen molar-refractivity contribution in [1.82, 2.24) is 9.55 Å². The average molecular weight is 497 g/mol. The van der Waals surface area contributed by atoms with Crippen LogP contribution in [0.15, 0.2) is 53.6 Å². The molecule has 2 aromatic heterocycles. The highest BCUT2D eigenvalue weighted by Crippen LogP contribution is 2.29. The number of rotatable bonds is 8. The number of pyridine rings is 2. The Hall–Kier alpha value is -4.14. The van der Waals surface area contributed by atoms with Crippen molar-refractivity contribution in [2.75, 3.05) is 36.5 Å². The van der Waals surface area contributed by atoms with E-state index < -0.39 is 5.41 Å². The quantitative estimate of drug-likeness (QED) is 0.493. The molecule has 0 unspecified atom stereocenters. The Morgan fingerprint density at radius 3 is 2.65 bits per heavy atom. The predicted octanol–water partition coefficient (Wildman–Crippen LogP) is 4.38.